The fourth-order valence-corrected chi connectivity index (χ4v) is 4.70. The third kappa shape index (κ3) is 5.63. The van der Waals surface area contributed by atoms with Gasteiger partial charge in [0.2, 0.25) is 0 Å². The molecule has 0 radical (unpaired) electrons. The van der Waals surface area contributed by atoms with Crippen molar-refractivity contribution in [3.63, 3.8) is 0 Å². The van der Waals surface area contributed by atoms with E-state index in [0.717, 1.165) is 23.9 Å². The van der Waals surface area contributed by atoms with Gasteiger partial charge >= 0.3 is 5.97 Å². The summed E-state index contributed by atoms with van der Waals surface area (Å²) < 4.78 is 5.90. The molecular formula is C24H15N3O8S2. The zero-order valence-electron chi connectivity index (χ0n) is 18.6. The van der Waals surface area contributed by atoms with Gasteiger partial charge in [0, 0.05) is 18.2 Å². The number of anilines is 1. The van der Waals surface area contributed by atoms with Crippen LogP contribution in [0, 0.1) is 20.2 Å². The molecule has 1 heterocycles. The highest BCUT2D eigenvalue weighted by Crippen LogP contribution is 2.36. The van der Waals surface area contributed by atoms with E-state index in [4.69, 9.17) is 22.1 Å². The number of carbonyl (C=O) groups is 2. The third-order valence-corrected chi connectivity index (χ3v) is 6.51. The number of hydrogen-bond donors (Lipinski definition) is 1. The molecule has 1 aliphatic rings. The predicted octanol–water partition coefficient (Wildman–Crippen LogP) is 5.19. The van der Waals surface area contributed by atoms with Crippen LogP contribution in [-0.2, 0) is 11.4 Å². The van der Waals surface area contributed by atoms with Crippen molar-refractivity contribution in [1.29, 1.82) is 0 Å². The van der Waals surface area contributed by atoms with Gasteiger partial charge < -0.3 is 9.84 Å². The first kappa shape index (κ1) is 25.5. The minimum Gasteiger partial charge on any atom is -0.489 e. The Balaban J connectivity index is 1.47. The van der Waals surface area contributed by atoms with Crippen molar-refractivity contribution >= 4 is 63.3 Å². The van der Waals surface area contributed by atoms with Crippen LogP contribution in [0.1, 0.15) is 21.5 Å². The first-order valence-electron chi connectivity index (χ1n) is 10.4. The van der Waals surface area contributed by atoms with Crippen LogP contribution >= 0.6 is 24.0 Å². The minimum atomic E-state index is -1.21. The van der Waals surface area contributed by atoms with Crippen LogP contribution < -0.4 is 9.64 Å². The smallest absolute Gasteiger partial charge is 0.335 e. The van der Waals surface area contributed by atoms with E-state index in [1.165, 1.54) is 35.2 Å². The van der Waals surface area contributed by atoms with Gasteiger partial charge in [0.1, 0.15) is 12.4 Å². The SMILES string of the molecule is O=C(O)c1ccc([N+](=O)[O-])c(COc2ccc(/C=C3\SC(=S)N(c4ccc([N+](=O)[O-])cc4)C3=O)cc2)c1. The molecule has 0 aliphatic carbocycles. The van der Waals surface area contributed by atoms with Crippen molar-refractivity contribution in [3.05, 3.63) is 109 Å². The molecule has 4 rings (SSSR count). The van der Waals surface area contributed by atoms with Crippen LogP contribution in [0.3, 0.4) is 0 Å². The number of ether oxygens (including phenoxy) is 1. The lowest BCUT2D eigenvalue weighted by atomic mass is 10.1. The zero-order chi connectivity index (χ0) is 26.7. The summed E-state index contributed by atoms with van der Waals surface area (Å²) in [6.07, 6.45) is 1.63. The second-order valence-electron chi connectivity index (χ2n) is 7.55. The van der Waals surface area contributed by atoms with E-state index in [1.54, 1.807) is 30.3 Å². The summed E-state index contributed by atoms with van der Waals surface area (Å²) in [6, 6.07) is 15.5. The maximum atomic E-state index is 12.9. The van der Waals surface area contributed by atoms with Crippen LogP contribution in [0.2, 0.25) is 0 Å². The Morgan fingerprint density at radius 2 is 1.70 bits per heavy atom. The van der Waals surface area contributed by atoms with E-state index < -0.39 is 15.8 Å². The molecule has 13 heteroatoms. The minimum absolute atomic E-state index is 0.0920. The van der Waals surface area contributed by atoms with E-state index in [2.05, 4.69) is 0 Å². The number of thiocarbonyl (C=S) groups is 1. The van der Waals surface area contributed by atoms with Crippen LogP contribution in [0.15, 0.2) is 71.6 Å². The number of carboxylic acid groups (broad SMARTS) is 1. The van der Waals surface area contributed by atoms with Gasteiger partial charge in [-0.25, -0.2) is 4.79 Å². The number of carboxylic acids is 1. The largest absolute Gasteiger partial charge is 0.489 e. The monoisotopic (exact) mass is 537 g/mol. The molecule has 0 atom stereocenters. The molecule has 1 aliphatic heterocycles. The van der Waals surface area contributed by atoms with Crippen molar-refractivity contribution < 1.29 is 29.3 Å². The summed E-state index contributed by atoms with van der Waals surface area (Å²) in [6.45, 7) is -0.218. The summed E-state index contributed by atoms with van der Waals surface area (Å²) in [5.74, 6) is -1.19. The average molecular weight is 538 g/mol. The molecule has 0 aromatic heterocycles. The summed E-state index contributed by atoms with van der Waals surface area (Å²) in [7, 11) is 0. The predicted molar refractivity (Wildman–Crippen MR) is 140 cm³/mol. The molecular weight excluding hydrogens is 522 g/mol. The highest BCUT2D eigenvalue weighted by atomic mass is 32.2. The fraction of sp³-hybridized carbons (Fsp3) is 0.0417. The van der Waals surface area contributed by atoms with Gasteiger partial charge in [0.05, 0.1) is 31.6 Å². The Hall–Kier alpha value is -4.62. The molecule has 0 spiro atoms. The molecule has 0 unspecified atom stereocenters. The van der Waals surface area contributed by atoms with E-state index in [9.17, 15) is 29.8 Å². The van der Waals surface area contributed by atoms with Gasteiger partial charge in [-0.1, -0.05) is 36.1 Å². The number of amides is 1. The highest BCUT2D eigenvalue weighted by Gasteiger charge is 2.33. The molecule has 186 valence electrons. The zero-order valence-corrected chi connectivity index (χ0v) is 20.2. The van der Waals surface area contributed by atoms with Crippen molar-refractivity contribution in [2.75, 3.05) is 4.90 Å². The van der Waals surface area contributed by atoms with Gasteiger partial charge in [-0.05, 0) is 48.0 Å². The van der Waals surface area contributed by atoms with Crippen LogP contribution in [0.5, 0.6) is 5.75 Å². The highest BCUT2D eigenvalue weighted by molar-refractivity contribution is 8.27. The summed E-state index contributed by atoms with van der Waals surface area (Å²) in [4.78, 5) is 46.7. The maximum Gasteiger partial charge on any atom is 0.335 e. The summed E-state index contributed by atoms with van der Waals surface area (Å²) >= 11 is 6.42. The fourth-order valence-electron chi connectivity index (χ4n) is 3.40. The number of thioether (sulfide) groups is 1. The Morgan fingerprint density at radius 1 is 1.03 bits per heavy atom. The molecule has 11 nitrogen and oxygen atoms in total. The molecule has 37 heavy (non-hydrogen) atoms. The van der Waals surface area contributed by atoms with Gasteiger partial charge in [-0.3, -0.25) is 29.9 Å². The van der Waals surface area contributed by atoms with E-state index in [0.29, 0.717) is 21.9 Å². The van der Waals surface area contributed by atoms with Gasteiger partial charge in [0.15, 0.2) is 4.32 Å². The lowest BCUT2D eigenvalue weighted by molar-refractivity contribution is -0.385. The number of aromatic carboxylic acids is 1. The number of nitro benzene ring substituents is 2. The summed E-state index contributed by atoms with van der Waals surface area (Å²) in [5.41, 5.74) is 0.749. The van der Waals surface area contributed by atoms with Gasteiger partial charge in [-0.2, -0.15) is 0 Å². The number of benzene rings is 3. The second kappa shape index (κ2) is 10.6. The Bertz CT molecular complexity index is 1470. The number of carbonyl (C=O) groups excluding carboxylic acids is 1. The number of hydrogen-bond acceptors (Lipinski definition) is 9. The van der Waals surface area contributed by atoms with E-state index in [-0.39, 0.29) is 39.3 Å². The van der Waals surface area contributed by atoms with Crippen LogP contribution in [0.25, 0.3) is 6.08 Å². The van der Waals surface area contributed by atoms with Crippen molar-refractivity contribution in [2.45, 2.75) is 6.61 Å². The molecule has 1 saturated heterocycles. The Kier molecular flexibility index (Phi) is 7.27. The lowest BCUT2D eigenvalue weighted by Gasteiger charge is -2.13. The van der Waals surface area contributed by atoms with Crippen molar-refractivity contribution in [3.8, 4) is 5.75 Å². The van der Waals surface area contributed by atoms with E-state index in [1.807, 2.05) is 0 Å². The van der Waals surface area contributed by atoms with Gasteiger partial charge in [-0.15, -0.1) is 0 Å². The Labute approximate surface area is 218 Å². The van der Waals surface area contributed by atoms with Crippen LogP contribution in [-0.4, -0.2) is 31.2 Å². The molecule has 3 aromatic rings. The maximum absolute atomic E-state index is 12.9. The van der Waals surface area contributed by atoms with Gasteiger partial charge in [0.25, 0.3) is 17.3 Å². The topological polar surface area (TPSA) is 153 Å². The summed E-state index contributed by atoms with van der Waals surface area (Å²) in [5, 5.41) is 31.3. The van der Waals surface area contributed by atoms with Crippen molar-refractivity contribution in [2.24, 2.45) is 0 Å². The molecule has 3 aromatic carbocycles. The van der Waals surface area contributed by atoms with E-state index >= 15 is 0 Å². The molecule has 1 N–H and O–H groups in total. The number of nitro groups is 2. The second-order valence-corrected chi connectivity index (χ2v) is 9.23. The normalized spacial score (nSPS) is 14.2. The lowest BCUT2D eigenvalue weighted by Crippen LogP contribution is -2.27. The first-order chi connectivity index (χ1) is 17.6. The number of rotatable bonds is 8. The molecule has 1 amide bonds. The third-order valence-electron chi connectivity index (χ3n) is 5.21. The first-order valence-corrected chi connectivity index (χ1v) is 11.6. The number of nitrogens with zero attached hydrogens (tertiary/aromatic N) is 3. The van der Waals surface area contributed by atoms with Crippen molar-refractivity contribution in [1.82, 2.24) is 0 Å². The van der Waals surface area contributed by atoms with Crippen LogP contribution in [0.4, 0.5) is 17.1 Å². The number of non-ortho nitro benzene ring substituents is 1. The standard InChI is InChI=1S/C24H15N3O8S2/c28-22-21(37-24(36)25(22)17-4-6-18(7-5-17)26(31)32)11-14-1-8-19(9-2-14)35-13-16-12-15(23(29)30)3-10-20(16)27(33)34/h1-12H,13H2,(H,29,30)/b21-11-. The Morgan fingerprint density at radius 3 is 2.30 bits per heavy atom. The molecule has 0 saturated carbocycles. The quantitative estimate of drug-likeness (QED) is 0.176. The molecule has 0 bridgehead atoms. The average Bonchev–Trinajstić information content (AvgIpc) is 3.15. The molecule has 1 fully saturated rings.